The van der Waals surface area contributed by atoms with Gasteiger partial charge in [0.1, 0.15) is 12.1 Å². The summed E-state index contributed by atoms with van der Waals surface area (Å²) in [6, 6.07) is 3.66. The Bertz CT molecular complexity index is 743. The van der Waals surface area contributed by atoms with Crippen molar-refractivity contribution < 1.29 is 22.7 Å². The number of rotatable bonds is 4. The molecule has 0 atom stereocenters. The monoisotopic (exact) mass is 377 g/mol. The van der Waals surface area contributed by atoms with Crippen LogP contribution in [0.1, 0.15) is 20.8 Å². The fourth-order valence-corrected chi connectivity index (χ4v) is 2.42. The van der Waals surface area contributed by atoms with Gasteiger partial charge in [0.15, 0.2) is 0 Å². The molecule has 0 saturated heterocycles. The number of benzene rings is 1. The van der Waals surface area contributed by atoms with Gasteiger partial charge < -0.3 is 15.0 Å². The van der Waals surface area contributed by atoms with Crippen molar-refractivity contribution in [3.05, 3.63) is 23.2 Å². The van der Waals surface area contributed by atoms with Crippen LogP contribution in [0.15, 0.2) is 23.1 Å². The molecule has 0 heterocycles. The maximum atomic E-state index is 12.0. The second-order valence-corrected chi connectivity index (χ2v) is 8.04. The highest BCUT2D eigenvalue weighted by molar-refractivity contribution is 7.89. The molecule has 2 amide bonds. The lowest BCUT2D eigenvalue weighted by molar-refractivity contribution is -0.117. The number of nitrogens with zero attached hydrogens (tertiary/aromatic N) is 1. The van der Waals surface area contributed by atoms with Gasteiger partial charge in [-0.25, -0.2) is 18.4 Å². The fourth-order valence-electron chi connectivity index (χ4n) is 1.58. The lowest BCUT2D eigenvalue weighted by Gasteiger charge is -2.24. The molecule has 24 heavy (non-hydrogen) atoms. The summed E-state index contributed by atoms with van der Waals surface area (Å²) in [7, 11) is -2.47. The summed E-state index contributed by atoms with van der Waals surface area (Å²) in [6.45, 7) is 4.88. The predicted octanol–water partition coefficient (Wildman–Crippen LogP) is 1.79. The Morgan fingerprint density at radius 3 is 2.38 bits per heavy atom. The maximum absolute atomic E-state index is 12.0. The average molecular weight is 378 g/mol. The van der Waals surface area contributed by atoms with E-state index in [4.69, 9.17) is 21.5 Å². The molecule has 134 valence electrons. The number of primary sulfonamides is 1. The smallest absolute Gasteiger partial charge is 0.410 e. The maximum Gasteiger partial charge on any atom is 0.410 e. The summed E-state index contributed by atoms with van der Waals surface area (Å²) >= 11 is 5.93. The van der Waals surface area contributed by atoms with Gasteiger partial charge in [0.25, 0.3) is 0 Å². The zero-order valence-electron chi connectivity index (χ0n) is 13.8. The molecule has 0 fully saturated rings. The van der Waals surface area contributed by atoms with E-state index in [-0.39, 0.29) is 22.2 Å². The molecule has 10 heteroatoms. The summed E-state index contributed by atoms with van der Waals surface area (Å²) in [5.74, 6) is -0.520. The number of sulfonamides is 1. The molecule has 1 rings (SSSR count). The number of anilines is 1. The van der Waals surface area contributed by atoms with Gasteiger partial charge in [-0.3, -0.25) is 4.79 Å². The van der Waals surface area contributed by atoms with Gasteiger partial charge >= 0.3 is 6.09 Å². The molecular weight excluding hydrogens is 358 g/mol. The Kier molecular flexibility index (Phi) is 6.20. The quantitative estimate of drug-likeness (QED) is 0.829. The number of nitrogens with one attached hydrogen (secondary N) is 1. The minimum Gasteiger partial charge on any atom is -0.444 e. The van der Waals surface area contributed by atoms with E-state index >= 15 is 0 Å². The van der Waals surface area contributed by atoms with E-state index in [1.54, 1.807) is 20.8 Å². The van der Waals surface area contributed by atoms with Crippen molar-refractivity contribution in [1.29, 1.82) is 0 Å². The SMILES string of the molecule is CN(CC(=O)Nc1ccc(S(N)(=O)=O)cc1Cl)C(=O)OC(C)(C)C. The number of halogens is 1. The largest absolute Gasteiger partial charge is 0.444 e. The normalized spacial score (nSPS) is 11.8. The van der Waals surface area contributed by atoms with Crippen LogP contribution in [0.3, 0.4) is 0 Å². The molecule has 1 aromatic rings. The second kappa shape index (κ2) is 7.37. The minimum atomic E-state index is -3.88. The van der Waals surface area contributed by atoms with Crippen molar-refractivity contribution in [2.45, 2.75) is 31.3 Å². The summed E-state index contributed by atoms with van der Waals surface area (Å²) in [5, 5.41) is 7.49. The summed E-state index contributed by atoms with van der Waals surface area (Å²) in [6.07, 6.45) is -0.645. The predicted molar refractivity (Wildman–Crippen MR) is 90.3 cm³/mol. The number of ether oxygens (including phenoxy) is 1. The van der Waals surface area contributed by atoms with E-state index in [1.165, 1.54) is 19.2 Å². The third-order valence-electron chi connectivity index (χ3n) is 2.63. The molecule has 0 unspecified atom stereocenters. The summed E-state index contributed by atoms with van der Waals surface area (Å²) in [4.78, 5) is 24.7. The fraction of sp³-hybridized carbons (Fsp3) is 0.429. The van der Waals surface area contributed by atoms with Crippen molar-refractivity contribution in [3.8, 4) is 0 Å². The van der Waals surface area contributed by atoms with Gasteiger partial charge in [-0.05, 0) is 39.0 Å². The van der Waals surface area contributed by atoms with E-state index in [9.17, 15) is 18.0 Å². The second-order valence-electron chi connectivity index (χ2n) is 6.07. The highest BCUT2D eigenvalue weighted by atomic mass is 35.5. The Balaban J connectivity index is 2.74. The van der Waals surface area contributed by atoms with Crippen molar-refractivity contribution >= 4 is 39.3 Å². The first-order chi connectivity index (χ1) is 10.8. The first kappa shape index (κ1) is 20.2. The lowest BCUT2D eigenvalue weighted by atomic mass is 10.2. The molecular formula is C14H20ClN3O5S. The van der Waals surface area contributed by atoms with Crippen LogP contribution in [-0.4, -0.2) is 44.5 Å². The Morgan fingerprint density at radius 1 is 1.33 bits per heavy atom. The topological polar surface area (TPSA) is 119 Å². The number of hydrogen-bond donors (Lipinski definition) is 2. The first-order valence-corrected chi connectivity index (χ1v) is 8.78. The third-order valence-corrected chi connectivity index (χ3v) is 3.85. The third kappa shape index (κ3) is 6.34. The van der Waals surface area contributed by atoms with Crippen LogP contribution in [0, 0.1) is 0 Å². The zero-order valence-corrected chi connectivity index (χ0v) is 15.4. The lowest BCUT2D eigenvalue weighted by Crippen LogP contribution is -2.38. The van der Waals surface area contributed by atoms with Crippen molar-refractivity contribution in [1.82, 2.24) is 4.90 Å². The van der Waals surface area contributed by atoms with Crippen LogP contribution < -0.4 is 10.5 Å². The highest BCUT2D eigenvalue weighted by Crippen LogP contribution is 2.24. The molecule has 8 nitrogen and oxygen atoms in total. The van der Waals surface area contributed by atoms with Crippen LogP contribution in [0.2, 0.25) is 5.02 Å². The summed E-state index contributed by atoms with van der Waals surface area (Å²) < 4.78 is 27.6. The number of hydrogen-bond acceptors (Lipinski definition) is 5. The number of amides is 2. The number of carbonyl (C=O) groups is 2. The van der Waals surface area contributed by atoms with Gasteiger partial charge in [-0.2, -0.15) is 0 Å². The van der Waals surface area contributed by atoms with E-state index in [1.807, 2.05) is 0 Å². The van der Waals surface area contributed by atoms with Crippen LogP contribution in [0.5, 0.6) is 0 Å². The van der Waals surface area contributed by atoms with Crippen molar-refractivity contribution in [3.63, 3.8) is 0 Å². The molecule has 0 aliphatic carbocycles. The molecule has 0 spiro atoms. The molecule has 0 radical (unpaired) electrons. The zero-order chi connectivity index (χ0) is 18.7. The van der Waals surface area contributed by atoms with Gasteiger partial charge in [0, 0.05) is 7.05 Å². The first-order valence-electron chi connectivity index (χ1n) is 6.86. The van der Waals surface area contributed by atoms with E-state index < -0.39 is 27.6 Å². The van der Waals surface area contributed by atoms with E-state index in [0.29, 0.717) is 0 Å². The van der Waals surface area contributed by atoms with Gasteiger partial charge in [0.05, 0.1) is 15.6 Å². The van der Waals surface area contributed by atoms with Crippen LogP contribution in [0.25, 0.3) is 0 Å². The number of carbonyl (C=O) groups excluding carboxylic acids is 2. The average Bonchev–Trinajstić information content (AvgIpc) is 2.37. The Labute approximate surface area is 146 Å². The number of likely N-dealkylation sites (N-methyl/N-ethyl adjacent to an activating group) is 1. The van der Waals surface area contributed by atoms with Crippen molar-refractivity contribution in [2.24, 2.45) is 5.14 Å². The van der Waals surface area contributed by atoms with E-state index in [2.05, 4.69) is 5.32 Å². The standard InChI is InChI=1S/C14H20ClN3O5S/c1-14(2,3)23-13(20)18(4)8-12(19)17-11-6-5-9(7-10(11)15)24(16,21)22/h5-7H,8H2,1-4H3,(H,17,19)(H2,16,21,22). The molecule has 3 N–H and O–H groups in total. The van der Waals surface area contributed by atoms with Crippen LogP contribution in [0.4, 0.5) is 10.5 Å². The highest BCUT2D eigenvalue weighted by Gasteiger charge is 2.21. The van der Waals surface area contributed by atoms with Crippen molar-refractivity contribution in [2.75, 3.05) is 18.9 Å². The van der Waals surface area contributed by atoms with Crippen LogP contribution >= 0.6 is 11.6 Å². The van der Waals surface area contributed by atoms with E-state index in [0.717, 1.165) is 11.0 Å². The Morgan fingerprint density at radius 2 is 1.92 bits per heavy atom. The van der Waals surface area contributed by atoms with Gasteiger partial charge in [0.2, 0.25) is 15.9 Å². The molecule has 0 bridgehead atoms. The Hall–Kier alpha value is -1.84. The molecule has 1 aromatic carbocycles. The minimum absolute atomic E-state index is 0.00907. The van der Waals surface area contributed by atoms with Gasteiger partial charge in [-0.15, -0.1) is 0 Å². The number of nitrogens with two attached hydrogens (primary N) is 1. The van der Waals surface area contributed by atoms with Gasteiger partial charge in [-0.1, -0.05) is 11.6 Å². The molecule has 0 aliphatic rings. The summed E-state index contributed by atoms with van der Waals surface area (Å²) in [5.41, 5.74) is -0.471. The van der Waals surface area contributed by atoms with Crippen LogP contribution in [-0.2, 0) is 19.6 Å². The molecule has 0 aromatic heterocycles. The molecule has 0 saturated carbocycles. The molecule has 0 aliphatic heterocycles.